The van der Waals surface area contributed by atoms with E-state index in [0.29, 0.717) is 30.8 Å². The van der Waals surface area contributed by atoms with Crippen LogP contribution in [0.2, 0.25) is 5.02 Å². The molecular weight excluding hydrogens is 336 g/mol. The molecule has 5 heteroatoms. The number of benzene rings is 2. The van der Waals surface area contributed by atoms with E-state index in [-0.39, 0.29) is 11.8 Å². The number of amides is 2. The van der Waals surface area contributed by atoms with Crippen molar-refractivity contribution >= 4 is 29.1 Å². The lowest BCUT2D eigenvalue weighted by Crippen LogP contribution is -2.40. The number of carbonyl (C=O) groups is 2. The van der Waals surface area contributed by atoms with Crippen LogP contribution in [-0.2, 0) is 16.0 Å². The lowest BCUT2D eigenvalue weighted by Gasteiger charge is -2.15. The Morgan fingerprint density at radius 2 is 1.80 bits per heavy atom. The Morgan fingerprint density at radius 3 is 2.44 bits per heavy atom. The van der Waals surface area contributed by atoms with Crippen molar-refractivity contribution in [1.82, 2.24) is 5.32 Å². The summed E-state index contributed by atoms with van der Waals surface area (Å²) in [6.07, 6.45) is 1.90. The van der Waals surface area contributed by atoms with Gasteiger partial charge in [0.25, 0.3) is 0 Å². The molecule has 0 spiro atoms. The topological polar surface area (TPSA) is 58.2 Å². The van der Waals surface area contributed by atoms with Gasteiger partial charge in [-0.1, -0.05) is 35.9 Å². The zero-order valence-electron chi connectivity index (χ0n) is 14.1. The minimum absolute atomic E-state index is 0.188. The lowest BCUT2D eigenvalue weighted by molar-refractivity contribution is -0.134. The molecule has 0 unspecified atom stereocenters. The Kier molecular flexibility index (Phi) is 5.09. The number of rotatable bonds is 6. The Labute approximate surface area is 152 Å². The number of halogens is 1. The maximum atomic E-state index is 12.5. The van der Waals surface area contributed by atoms with Crippen molar-refractivity contribution in [3.63, 3.8) is 0 Å². The first-order valence-corrected chi connectivity index (χ1v) is 8.78. The number of hydrogen-bond acceptors (Lipinski definition) is 2. The van der Waals surface area contributed by atoms with Gasteiger partial charge in [0.1, 0.15) is 5.41 Å². The number of anilines is 1. The Morgan fingerprint density at radius 1 is 1.08 bits per heavy atom. The highest BCUT2D eigenvalue weighted by Gasteiger charge is 2.56. The first kappa shape index (κ1) is 17.5. The number of nitrogens with one attached hydrogen (secondary N) is 2. The lowest BCUT2D eigenvalue weighted by atomic mass is 10.0. The standard InChI is InChI=1S/C20H21ClN2O2/c1-14-3-2-4-17(13-14)23-19(25)20(10-11-20)18(24)22-12-9-15-5-7-16(21)8-6-15/h2-8,13H,9-12H2,1H3,(H,22,24)(H,23,25). The zero-order valence-corrected chi connectivity index (χ0v) is 14.9. The molecule has 4 nitrogen and oxygen atoms in total. The van der Waals surface area contributed by atoms with Crippen LogP contribution in [0, 0.1) is 12.3 Å². The highest BCUT2D eigenvalue weighted by Crippen LogP contribution is 2.46. The van der Waals surface area contributed by atoms with Crippen molar-refractivity contribution in [2.45, 2.75) is 26.2 Å². The summed E-state index contributed by atoms with van der Waals surface area (Å²) in [5.41, 5.74) is 1.98. The van der Waals surface area contributed by atoms with E-state index in [1.54, 1.807) is 0 Å². The molecule has 0 aromatic heterocycles. The van der Waals surface area contributed by atoms with Crippen molar-refractivity contribution in [2.24, 2.45) is 5.41 Å². The fourth-order valence-electron chi connectivity index (χ4n) is 2.80. The van der Waals surface area contributed by atoms with Gasteiger partial charge >= 0.3 is 0 Å². The molecule has 0 heterocycles. The van der Waals surface area contributed by atoms with Crippen molar-refractivity contribution in [3.05, 3.63) is 64.7 Å². The number of carbonyl (C=O) groups excluding carboxylic acids is 2. The van der Waals surface area contributed by atoms with E-state index in [2.05, 4.69) is 10.6 Å². The van der Waals surface area contributed by atoms with Gasteiger partial charge in [0, 0.05) is 17.3 Å². The van der Waals surface area contributed by atoms with Gasteiger partial charge in [-0.15, -0.1) is 0 Å². The SMILES string of the molecule is Cc1cccc(NC(=O)C2(C(=O)NCCc3ccc(Cl)cc3)CC2)c1. The molecule has 0 saturated heterocycles. The van der Waals surface area contributed by atoms with E-state index in [9.17, 15) is 9.59 Å². The fraction of sp³-hybridized carbons (Fsp3) is 0.300. The quantitative estimate of drug-likeness (QED) is 0.775. The van der Waals surface area contributed by atoms with Crippen molar-refractivity contribution < 1.29 is 9.59 Å². The average Bonchev–Trinajstić information content (AvgIpc) is 3.38. The molecule has 0 atom stereocenters. The third kappa shape index (κ3) is 4.20. The molecule has 0 radical (unpaired) electrons. The van der Waals surface area contributed by atoms with Crippen LogP contribution in [-0.4, -0.2) is 18.4 Å². The van der Waals surface area contributed by atoms with E-state index < -0.39 is 5.41 Å². The summed E-state index contributed by atoms with van der Waals surface area (Å²) in [6, 6.07) is 15.1. The first-order valence-electron chi connectivity index (χ1n) is 8.40. The molecule has 1 fully saturated rings. The molecule has 3 rings (SSSR count). The summed E-state index contributed by atoms with van der Waals surface area (Å²) < 4.78 is 0. The van der Waals surface area contributed by atoms with E-state index >= 15 is 0 Å². The Hall–Kier alpha value is -2.33. The third-order valence-corrected chi connectivity index (χ3v) is 4.76. The van der Waals surface area contributed by atoms with Gasteiger partial charge in [0.15, 0.2) is 0 Å². The molecule has 1 aliphatic rings. The summed E-state index contributed by atoms with van der Waals surface area (Å²) in [7, 11) is 0. The van der Waals surface area contributed by atoms with E-state index in [1.807, 2.05) is 55.5 Å². The highest BCUT2D eigenvalue weighted by molar-refractivity contribution is 6.30. The summed E-state index contributed by atoms with van der Waals surface area (Å²) in [6.45, 7) is 2.46. The van der Waals surface area contributed by atoms with Gasteiger partial charge in [0.05, 0.1) is 0 Å². The number of hydrogen-bond donors (Lipinski definition) is 2. The Balaban J connectivity index is 1.53. The number of aryl methyl sites for hydroxylation is 1. The second-order valence-electron chi connectivity index (χ2n) is 6.54. The van der Waals surface area contributed by atoms with Gasteiger partial charge in [-0.25, -0.2) is 0 Å². The molecule has 2 aromatic carbocycles. The summed E-state index contributed by atoms with van der Waals surface area (Å²) in [5, 5.41) is 6.45. The average molecular weight is 357 g/mol. The molecule has 25 heavy (non-hydrogen) atoms. The molecule has 0 aliphatic heterocycles. The van der Waals surface area contributed by atoms with Crippen LogP contribution in [0.15, 0.2) is 48.5 Å². The highest BCUT2D eigenvalue weighted by atomic mass is 35.5. The van der Waals surface area contributed by atoms with E-state index in [1.165, 1.54) is 0 Å². The van der Waals surface area contributed by atoms with Crippen LogP contribution >= 0.6 is 11.6 Å². The van der Waals surface area contributed by atoms with Crippen molar-refractivity contribution in [1.29, 1.82) is 0 Å². The molecule has 130 valence electrons. The van der Waals surface area contributed by atoms with Crippen LogP contribution in [0.1, 0.15) is 24.0 Å². The van der Waals surface area contributed by atoms with Gasteiger partial charge in [0.2, 0.25) is 11.8 Å². The Bertz CT molecular complexity index is 783. The molecular formula is C20H21ClN2O2. The van der Waals surface area contributed by atoms with E-state index in [0.717, 1.165) is 16.8 Å². The summed E-state index contributed by atoms with van der Waals surface area (Å²) in [4.78, 5) is 25.0. The fourth-order valence-corrected chi connectivity index (χ4v) is 2.92. The van der Waals surface area contributed by atoms with Crippen molar-refractivity contribution in [3.8, 4) is 0 Å². The third-order valence-electron chi connectivity index (χ3n) is 4.51. The predicted molar refractivity (Wildman–Crippen MR) is 99.6 cm³/mol. The van der Waals surface area contributed by atoms with Crippen LogP contribution < -0.4 is 10.6 Å². The molecule has 2 amide bonds. The first-order chi connectivity index (χ1) is 12.0. The van der Waals surface area contributed by atoms with Crippen LogP contribution in [0.5, 0.6) is 0 Å². The second kappa shape index (κ2) is 7.28. The van der Waals surface area contributed by atoms with Crippen LogP contribution in [0.4, 0.5) is 5.69 Å². The van der Waals surface area contributed by atoms with Crippen LogP contribution in [0.25, 0.3) is 0 Å². The van der Waals surface area contributed by atoms with Gasteiger partial charge < -0.3 is 10.6 Å². The largest absolute Gasteiger partial charge is 0.355 e. The zero-order chi connectivity index (χ0) is 17.9. The second-order valence-corrected chi connectivity index (χ2v) is 6.97. The summed E-state index contributed by atoms with van der Waals surface area (Å²) in [5.74, 6) is -0.409. The minimum atomic E-state index is -0.913. The molecule has 2 aromatic rings. The normalized spacial score (nSPS) is 14.6. The summed E-state index contributed by atoms with van der Waals surface area (Å²) >= 11 is 5.86. The van der Waals surface area contributed by atoms with Crippen LogP contribution in [0.3, 0.4) is 0 Å². The molecule has 0 bridgehead atoms. The maximum absolute atomic E-state index is 12.5. The maximum Gasteiger partial charge on any atom is 0.240 e. The van der Waals surface area contributed by atoms with E-state index in [4.69, 9.17) is 11.6 Å². The molecule has 1 saturated carbocycles. The molecule has 1 aliphatic carbocycles. The molecule has 2 N–H and O–H groups in total. The predicted octanol–water partition coefficient (Wildman–Crippen LogP) is 3.73. The monoisotopic (exact) mass is 356 g/mol. The van der Waals surface area contributed by atoms with Gasteiger partial charge in [-0.2, -0.15) is 0 Å². The minimum Gasteiger partial charge on any atom is -0.355 e. The smallest absolute Gasteiger partial charge is 0.240 e. The van der Waals surface area contributed by atoms with Gasteiger partial charge in [-0.3, -0.25) is 9.59 Å². The van der Waals surface area contributed by atoms with Crippen molar-refractivity contribution in [2.75, 3.05) is 11.9 Å². The van der Waals surface area contributed by atoms with Gasteiger partial charge in [-0.05, 0) is 61.6 Å².